The number of hydrogen-bond acceptors (Lipinski definition) is 14. The van der Waals surface area contributed by atoms with E-state index in [1.807, 2.05) is 0 Å². The number of rotatable bonds is 35. The Labute approximate surface area is 348 Å². The van der Waals surface area contributed by atoms with Crippen molar-refractivity contribution in [2.75, 3.05) is 33.0 Å². The van der Waals surface area contributed by atoms with E-state index < -0.39 is 80.7 Å². The van der Waals surface area contributed by atoms with Crippen molar-refractivity contribution in [1.29, 1.82) is 0 Å². The Kier molecular flexibility index (Phi) is 30.4. The SMILES string of the molecule is CCCCCCCCC/C=C\CCCCCCCCOCC(COC1OC(COC2OC(CO)C(O)C(O)C2O)C(O)C(O)C1O)OC(=O)CCCCCCCCC. The molecule has 11 unspecified atom stereocenters. The molecule has 342 valence electrons. The lowest BCUT2D eigenvalue weighted by atomic mass is 9.98. The van der Waals surface area contributed by atoms with Gasteiger partial charge in [-0.2, -0.15) is 0 Å². The highest BCUT2D eigenvalue weighted by atomic mass is 16.7. The van der Waals surface area contributed by atoms with E-state index in [1.54, 1.807) is 0 Å². The molecule has 2 aliphatic heterocycles. The average molecular weight is 835 g/mol. The molecule has 14 nitrogen and oxygen atoms in total. The molecule has 0 aromatic rings. The summed E-state index contributed by atoms with van der Waals surface area (Å²) in [6.45, 7) is 3.62. The normalized spacial score (nSPS) is 28.3. The van der Waals surface area contributed by atoms with Gasteiger partial charge < -0.3 is 64.2 Å². The fourth-order valence-corrected chi connectivity index (χ4v) is 7.22. The molecule has 2 heterocycles. The van der Waals surface area contributed by atoms with Gasteiger partial charge in [0.2, 0.25) is 0 Å². The smallest absolute Gasteiger partial charge is 0.306 e. The molecular weight excluding hydrogens is 752 g/mol. The fourth-order valence-electron chi connectivity index (χ4n) is 7.22. The third kappa shape index (κ3) is 22.0. The Morgan fingerprint density at radius 3 is 1.57 bits per heavy atom. The number of carbonyl (C=O) groups is 1. The summed E-state index contributed by atoms with van der Waals surface area (Å²) in [5, 5.41) is 71.7. The molecule has 7 N–H and O–H groups in total. The van der Waals surface area contributed by atoms with Crippen LogP contribution in [0, 0.1) is 0 Å². The van der Waals surface area contributed by atoms with E-state index >= 15 is 0 Å². The molecule has 2 rings (SSSR count). The molecule has 2 saturated heterocycles. The number of ether oxygens (including phenoxy) is 6. The first-order valence-electron chi connectivity index (χ1n) is 22.8. The van der Waals surface area contributed by atoms with Gasteiger partial charge in [0.15, 0.2) is 12.6 Å². The van der Waals surface area contributed by atoms with Crippen LogP contribution in [0.25, 0.3) is 0 Å². The van der Waals surface area contributed by atoms with E-state index in [4.69, 9.17) is 28.4 Å². The maximum Gasteiger partial charge on any atom is 0.306 e. The molecular formula is C44H82O14. The molecule has 0 aromatic carbocycles. The predicted octanol–water partition coefficient (Wildman–Crippen LogP) is 5.12. The molecule has 0 saturated carbocycles. The molecule has 0 radical (unpaired) electrons. The molecule has 14 heteroatoms. The monoisotopic (exact) mass is 835 g/mol. The first-order chi connectivity index (χ1) is 28.1. The second-order valence-corrected chi connectivity index (χ2v) is 16.2. The second kappa shape index (κ2) is 33.4. The van der Waals surface area contributed by atoms with Gasteiger partial charge in [0.05, 0.1) is 26.4 Å². The van der Waals surface area contributed by atoms with E-state index in [0.717, 1.165) is 44.9 Å². The third-order valence-electron chi connectivity index (χ3n) is 11.0. The molecule has 0 spiro atoms. The number of esters is 1. The Bertz CT molecular complexity index is 1020. The molecule has 0 aromatic heterocycles. The van der Waals surface area contributed by atoms with Gasteiger partial charge in [-0.1, -0.05) is 129 Å². The van der Waals surface area contributed by atoms with Crippen LogP contribution in [-0.4, -0.2) is 142 Å². The Hall–Kier alpha value is -1.27. The summed E-state index contributed by atoms with van der Waals surface area (Å²) in [6.07, 6.45) is 14.5. The maximum atomic E-state index is 12.8. The van der Waals surface area contributed by atoms with E-state index in [1.165, 1.54) is 89.9 Å². The van der Waals surface area contributed by atoms with Crippen molar-refractivity contribution in [3.63, 3.8) is 0 Å². The molecule has 58 heavy (non-hydrogen) atoms. The zero-order valence-electron chi connectivity index (χ0n) is 35.8. The van der Waals surface area contributed by atoms with Crippen LogP contribution < -0.4 is 0 Å². The minimum atomic E-state index is -1.70. The molecule has 0 amide bonds. The van der Waals surface area contributed by atoms with Gasteiger partial charge in [-0.3, -0.25) is 4.79 Å². The van der Waals surface area contributed by atoms with E-state index in [-0.39, 0.29) is 25.6 Å². The maximum absolute atomic E-state index is 12.8. The Morgan fingerprint density at radius 2 is 1.02 bits per heavy atom. The first-order valence-corrected chi connectivity index (χ1v) is 22.8. The van der Waals surface area contributed by atoms with Crippen LogP contribution in [0.4, 0.5) is 0 Å². The summed E-state index contributed by atoms with van der Waals surface area (Å²) in [4.78, 5) is 12.8. The minimum Gasteiger partial charge on any atom is -0.457 e. The van der Waals surface area contributed by atoms with Crippen LogP contribution >= 0.6 is 0 Å². The summed E-state index contributed by atoms with van der Waals surface area (Å²) >= 11 is 0. The number of allylic oxidation sites excluding steroid dienone is 2. The summed E-state index contributed by atoms with van der Waals surface area (Å²) < 4.78 is 34.0. The van der Waals surface area contributed by atoms with Gasteiger partial charge in [0, 0.05) is 13.0 Å². The highest BCUT2D eigenvalue weighted by Gasteiger charge is 2.47. The zero-order chi connectivity index (χ0) is 42.4. The largest absolute Gasteiger partial charge is 0.457 e. The van der Waals surface area contributed by atoms with Crippen LogP contribution in [0.15, 0.2) is 12.2 Å². The van der Waals surface area contributed by atoms with Crippen molar-refractivity contribution < 1.29 is 69.0 Å². The van der Waals surface area contributed by atoms with Crippen molar-refractivity contribution in [1.82, 2.24) is 0 Å². The van der Waals surface area contributed by atoms with Crippen molar-refractivity contribution in [3.8, 4) is 0 Å². The lowest BCUT2D eigenvalue weighted by molar-refractivity contribution is -0.332. The number of carbonyl (C=O) groups excluding carboxylic acids is 1. The lowest BCUT2D eigenvalue weighted by Gasteiger charge is -2.42. The van der Waals surface area contributed by atoms with Gasteiger partial charge in [-0.15, -0.1) is 0 Å². The molecule has 0 bridgehead atoms. The van der Waals surface area contributed by atoms with Crippen molar-refractivity contribution >= 4 is 5.97 Å². The van der Waals surface area contributed by atoms with Gasteiger partial charge in [-0.05, 0) is 38.5 Å². The van der Waals surface area contributed by atoms with Gasteiger partial charge in [-0.25, -0.2) is 0 Å². The van der Waals surface area contributed by atoms with E-state index in [0.29, 0.717) is 13.0 Å². The summed E-state index contributed by atoms with van der Waals surface area (Å²) in [7, 11) is 0. The summed E-state index contributed by atoms with van der Waals surface area (Å²) in [6, 6.07) is 0. The summed E-state index contributed by atoms with van der Waals surface area (Å²) in [5.41, 5.74) is 0. The topological polar surface area (TPSA) is 214 Å². The highest BCUT2D eigenvalue weighted by molar-refractivity contribution is 5.69. The number of aliphatic hydroxyl groups is 7. The molecule has 2 fully saturated rings. The lowest BCUT2D eigenvalue weighted by Crippen LogP contribution is -2.61. The summed E-state index contributed by atoms with van der Waals surface area (Å²) in [5.74, 6) is -0.384. The van der Waals surface area contributed by atoms with E-state index in [2.05, 4.69) is 26.0 Å². The number of unbranched alkanes of at least 4 members (excludes halogenated alkanes) is 19. The van der Waals surface area contributed by atoms with Crippen LogP contribution in [0.5, 0.6) is 0 Å². The number of hydrogen-bond donors (Lipinski definition) is 7. The van der Waals surface area contributed by atoms with Gasteiger partial charge in [0.25, 0.3) is 0 Å². The van der Waals surface area contributed by atoms with E-state index in [9.17, 15) is 40.5 Å². The third-order valence-corrected chi connectivity index (χ3v) is 11.0. The first kappa shape index (κ1) is 52.9. The molecule has 11 atom stereocenters. The highest BCUT2D eigenvalue weighted by Crippen LogP contribution is 2.26. The number of aliphatic hydroxyl groups excluding tert-OH is 7. The predicted molar refractivity (Wildman–Crippen MR) is 220 cm³/mol. The quantitative estimate of drug-likeness (QED) is 0.0251. The molecule has 2 aliphatic rings. The van der Waals surface area contributed by atoms with Crippen LogP contribution in [0.1, 0.15) is 162 Å². The van der Waals surface area contributed by atoms with Crippen LogP contribution in [0.3, 0.4) is 0 Å². The fraction of sp³-hybridized carbons (Fsp3) is 0.932. The Morgan fingerprint density at radius 1 is 0.552 bits per heavy atom. The second-order valence-electron chi connectivity index (χ2n) is 16.2. The standard InChI is InChI=1S/C44H82O14/c1-3-5-7-9-11-12-13-14-15-16-17-18-19-20-22-24-26-28-53-30-33(56-36(46)27-25-23-21-10-8-6-4-2)31-54-43-42(52)40(50)38(48)35(58-43)32-55-44-41(51)39(49)37(47)34(29-45)57-44/h15-16,33-35,37-45,47-52H,3-14,17-32H2,1-2H3/b16-15-. The Balaban J connectivity index is 1.77. The molecule has 0 aliphatic carbocycles. The minimum absolute atomic E-state index is 0.0611. The van der Waals surface area contributed by atoms with Crippen molar-refractivity contribution in [3.05, 3.63) is 12.2 Å². The van der Waals surface area contributed by atoms with Crippen LogP contribution in [-0.2, 0) is 33.2 Å². The van der Waals surface area contributed by atoms with Gasteiger partial charge >= 0.3 is 5.97 Å². The van der Waals surface area contributed by atoms with Gasteiger partial charge in [0.1, 0.15) is 54.9 Å². The van der Waals surface area contributed by atoms with Crippen LogP contribution in [0.2, 0.25) is 0 Å². The zero-order valence-corrected chi connectivity index (χ0v) is 35.8. The average Bonchev–Trinajstić information content (AvgIpc) is 3.22. The van der Waals surface area contributed by atoms with Crippen molar-refractivity contribution in [2.45, 2.75) is 229 Å². The van der Waals surface area contributed by atoms with Crippen molar-refractivity contribution in [2.24, 2.45) is 0 Å².